The van der Waals surface area contributed by atoms with E-state index >= 15 is 0 Å². The molecule has 1 heterocycles. The van der Waals surface area contributed by atoms with E-state index in [-0.39, 0.29) is 12.5 Å². The van der Waals surface area contributed by atoms with Crippen molar-refractivity contribution >= 4 is 45.8 Å². The zero-order valence-electron chi connectivity index (χ0n) is 14.6. The van der Waals surface area contributed by atoms with E-state index in [4.69, 9.17) is 27.9 Å². The lowest BCUT2D eigenvalue weighted by Crippen LogP contribution is -2.20. The number of aromatic amines is 1. The van der Waals surface area contributed by atoms with Gasteiger partial charge in [-0.2, -0.15) is 0 Å². The highest BCUT2D eigenvalue weighted by atomic mass is 35.5. The van der Waals surface area contributed by atoms with Crippen LogP contribution >= 0.6 is 23.2 Å². The monoisotopic (exact) mass is 411 g/mol. The summed E-state index contributed by atoms with van der Waals surface area (Å²) in [5.41, 5.74) is 3.37. The van der Waals surface area contributed by atoms with Crippen LogP contribution < -0.4 is 10.1 Å². The number of halogens is 2. The van der Waals surface area contributed by atoms with Crippen LogP contribution in [0.25, 0.3) is 22.4 Å². The molecule has 7 heteroatoms. The normalized spacial score (nSPS) is 10.8. The van der Waals surface area contributed by atoms with E-state index in [2.05, 4.69) is 15.3 Å². The maximum absolute atomic E-state index is 12.2. The molecule has 0 radical (unpaired) electrons. The molecule has 28 heavy (non-hydrogen) atoms. The number of rotatable bonds is 5. The Morgan fingerprint density at radius 1 is 1.04 bits per heavy atom. The third kappa shape index (κ3) is 4.11. The van der Waals surface area contributed by atoms with Gasteiger partial charge in [0.2, 0.25) is 0 Å². The lowest BCUT2D eigenvalue weighted by Gasteiger charge is -2.09. The molecule has 0 spiro atoms. The molecule has 0 saturated carbocycles. The van der Waals surface area contributed by atoms with Crippen molar-refractivity contribution in [3.63, 3.8) is 0 Å². The molecule has 3 aromatic carbocycles. The molecule has 1 amide bonds. The summed E-state index contributed by atoms with van der Waals surface area (Å²) < 4.78 is 5.46. The zero-order valence-corrected chi connectivity index (χ0v) is 16.1. The number of imidazole rings is 1. The first-order valence-corrected chi connectivity index (χ1v) is 9.27. The molecule has 4 aromatic rings. The fourth-order valence-corrected chi connectivity index (χ4v) is 3.23. The summed E-state index contributed by atoms with van der Waals surface area (Å²) in [6, 6.07) is 20.1. The van der Waals surface area contributed by atoms with Gasteiger partial charge in [0.05, 0.1) is 16.1 Å². The van der Waals surface area contributed by atoms with Gasteiger partial charge in [0.1, 0.15) is 11.6 Å². The molecule has 0 saturated heterocycles. The predicted octanol–water partition coefficient (Wildman–Crippen LogP) is 5.55. The topological polar surface area (TPSA) is 67.0 Å². The van der Waals surface area contributed by atoms with E-state index in [1.54, 1.807) is 24.3 Å². The summed E-state index contributed by atoms with van der Waals surface area (Å²) >= 11 is 11.9. The molecule has 0 bridgehead atoms. The number of benzene rings is 3. The van der Waals surface area contributed by atoms with Crippen LogP contribution in [0.4, 0.5) is 5.69 Å². The van der Waals surface area contributed by atoms with Crippen molar-refractivity contribution in [2.45, 2.75) is 0 Å². The average molecular weight is 412 g/mol. The van der Waals surface area contributed by atoms with E-state index < -0.39 is 0 Å². The molecular formula is C21H15Cl2N3O2. The molecule has 0 atom stereocenters. The van der Waals surface area contributed by atoms with E-state index in [9.17, 15) is 4.79 Å². The second-order valence-corrected chi connectivity index (χ2v) is 6.94. The molecule has 4 rings (SSSR count). The minimum atomic E-state index is -0.298. The van der Waals surface area contributed by atoms with Crippen molar-refractivity contribution in [3.8, 4) is 17.1 Å². The molecule has 0 aliphatic carbocycles. The molecule has 0 aliphatic rings. The van der Waals surface area contributed by atoms with Gasteiger partial charge in [-0.25, -0.2) is 4.98 Å². The Morgan fingerprint density at radius 3 is 2.71 bits per heavy atom. The van der Waals surface area contributed by atoms with E-state index in [0.717, 1.165) is 22.4 Å². The van der Waals surface area contributed by atoms with Crippen molar-refractivity contribution in [1.82, 2.24) is 9.97 Å². The van der Waals surface area contributed by atoms with Crippen LogP contribution in [0.15, 0.2) is 66.7 Å². The lowest BCUT2D eigenvalue weighted by molar-refractivity contribution is -0.118. The van der Waals surface area contributed by atoms with Crippen LogP contribution in [0, 0.1) is 0 Å². The molecule has 0 aliphatic heterocycles. The van der Waals surface area contributed by atoms with Gasteiger partial charge in [0.15, 0.2) is 6.61 Å². The van der Waals surface area contributed by atoms with Gasteiger partial charge in [-0.1, -0.05) is 47.5 Å². The van der Waals surface area contributed by atoms with Crippen molar-refractivity contribution in [2.24, 2.45) is 0 Å². The molecule has 1 aromatic heterocycles. The van der Waals surface area contributed by atoms with Crippen molar-refractivity contribution < 1.29 is 9.53 Å². The van der Waals surface area contributed by atoms with Crippen LogP contribution in [0.1, 0.15) is 0 Å². The number of aromatic nitrogens is 2. The average Bonchev–Trinajstić information content (AvgIpc) is 3.12. The van der Waals surface area contributed by atoms with Gasteiger partial charge in [0, 0.05) is 16.3 Å². The predicted molar refractivity (Wildman–Crippen MR) is 112 cm³/mol. The van der Waals surface area contributed by atoms with Crippen LogP contribution in [-0.2, 0) is 4.79 Å². The summed E-state index contributed by atoms with van der Waals surface area (Å²) in [5, 5.41) is 3.67. The Labute approximate surface area is 171 Å². The summed E-state index contributed by atoms with van der Waals surface area (Å²) in [6.07, 6.45) is 0. The van der Waals surface area contributed by atoms with Crippen LogP contribution in [0.3, 0.4) is 0 Å². The van der Waals surface area contributed by atoms with E-state index in [1.165, 1.54) is 0 Å². The molecule has 140 valence electrons. The first-order chi connectivity index (χ1) is 13.6. The number of ether oxygens (including phenoxy) is 1. The smallest absolute Gasteiger partial charge is 0.262 e. The Bertz CT molecular complexity index is 1120. The third-order valence-corrected chi connectivity index (χ3v) is 4.59. The fourth-order valence-electron chi connectivity index (χ4n) is 2.77. The summed E-state index contributed by atoms with van der Waals surface area (Å²) in [4.78, 5) is 20.1. The highest BCUT2D eigenvalue weighted by Gasteiger charge is 2.09. The maximum Gasteiger partial charge on any atom is 0.262 e. The van der Waals surface area contributed by atoms with Gasteiger partial charge < -0.3 is 15.0 Å². The van der Waals surface area contributed by atoms with E-state index in [1.807, 2.05) is 42.5 Å². The zero-order chi connectivity index (χ0) is 19.5. The van der Waals surface area contributed by atoms with Crippen molar-refractivity contribution in [3.05, 3.63) is 76.8 Å². The number of hydrogen-bond donors (Lipinski definition) is 2. The molecule has 0 fully saturated rings. The number of hydrogen-bond acceptors (Lipinski definition) is 3. The SMILES string of the molecule is O=C(COc1ccc(Cl)cc1Cl)Nc1cccc(-c2nc3ccccc3[nH]2)c1. The largest absolute Gasteiger partial charge is 0.482 e. The number of para-hydroxylation sites is 2. The highest BCUT2D eigenvalue weighted by Crippen LogP contribution is 2.27. The summed E-state index contributed by atoms with van der Waals surface area (Å²) in [5.74, 6) is 0.839. The number of carbonyl (C=O) groups excluding carboxylic acids is 1. The van der Waals surface area contributed by atoms with Crippen molar-refractivity contribution in [1.29, 1.82) is 0 Å². The highest BCUT2D eigenvalue weighted by molar-refractivity contribution is 6.35. The Kier molecular flexibility index (Phi) is 5.19. The quantitative estimate of drug-likeness (QED) is 0.451. The first-order valence-electron chi connectivity index (χ1n) is 8.51. The van der Waals surface area contributed by atoms with Gasteiger partial charge in [-0.15, -0.1) is 0 Å². The summed E-state index contributed by atoms with van der Waals surface area (Å²) in [6.45, 7) is -0.170. The van der Waals surface area contributed by atoms with Gasteiger partial charge in [0.25, 0.3) is 5.91 Å². The van der Waals surface area contributed by atoms with Gasteiger partial charge in [-0.3, -0.25) is 4.79 Å². The first kappa shape index (κ1) is 18.3. The second kappa shape index (κ2) is 7.92. The minimum Gasteiger partial charge on any atom is -0.482 e. The Morgan fingerprint density at radius 2 is 1.89 bits per heavy atom. The van der Waals surface area contributed by atoms with Gasteiger partial charge >= 0.3 is 0 Å². The Hall–Kier alpha value is -3.02. The molecule has 0 unspecified atom stereocenters. The summed E-state index contributed by atoms with van der Waals surface area (Å²) in [7, 11) is 0. The maximum atomic E-state index is 12.2. The van der Waals surface area contributed by atoms with E-state index in [0.29, 0.717) is 21.5 Å². The van der Waals surface area contributed by atoms with Gasteiger partial charge in [-0.05, 0) is 42.5 Å². The number of carbonyl (C=O) groups is 1. The molecule has 2 N–H and O–H groups in total. The number of anilines is 1. The molecule has 5 nitrogen and oxygen atoms in total. The fraction of sp³-hybridized carbons (Fsp3) is 0.0476. The number of amides is 1. The Balaban J connectivity index is 1.44. The van der Waals surface area contributed by atoms with Crippen LogP contribution in [-0.4, -0.2) is 22.5 Å². The number of nitrogens with zero attached hydrogens (tertiary/aromatic N) is 1. The third-order valence-electron chi connectivity index (χ3n) is 4.06. The standard InChI is InChI=1S/C21H15Cl2N3O2/c22-14-8-9-19(16(23)11-14)28-12-20(27)24-15-5-3-4-13(10-15)21-25-17-6-1-2-7-18(17)26-21/h1-11H,12H2,(H,24,27)(H,25,26). The molecular weight excluding hydrogens is 397 g/mol. The second-order valence-electron chi connectivity index (χ2n) is 6.09. The minimum absolute atomic E-state index is 0.170. The number of H-pyrrole nitrogens is 1. The number of fused-ring (bicyclic) bond motifs is 1. The van der Waals surface area contributed by atoms with Crippen LogP contribution in [0.2, 0.25) is 10.0 Å². The lowest BCUT2D eigenvalue weighted by atomic mass is 10.2. The van der Waals surface area contributed by atoms with Crippen LogP contribution in [0.5, 0.6) is 5.75 Å². The van der Waals surface area contributed by atoms with Crippen molar-refractivity contribution in [2.75, 3.05) is 11.9 Å². The number of nitrogens with one attached hydrogen (secondary N) is 2.